The molecule has 0 unspecified atom stereocenters. The minimum Gasteiger partial charge on any atom is -0.377 e. The van der Waals surface area contributed by atoms with E-state index in [0.717, 1.165) is 37.2 Å². The van der Waals surface area contributed by atoms with Gasteiger partial charge in [0.2, 0.25) is 11.8 Å². The monoisotopic (exact) mass is 343 g/mol. The first-order valence-corrected chi connectivity index (χ1v) is 8.92. The van der Waals surface area contributed by atoms with Crippen molar-refractivity contribution in [2.75, 3.05) is 19.7 Å². The lowest BCUT2D eigenvalue weighted by atomic mass is 9.97. The minimum absolute atomic E-state index is 0.185. The maximum absolute atomic E-state index is 12.4. The van der Waals surface area contributed by atoms with Crippen LogP contribution in [0.1, 0.15) is 48.9 Å². The van der Waals surface area contributed by atoms with Gasteiger partial charge >= 0.3 is 0 Å². The SMILES string of the molecule is Cc1nc([C@H]2CCCN(C(=O)CCCOCc3ccccc3)C2)no1. The highest BCUT2D eigenvalue weighted by Gasteiger charge is 2.27. The number of nitrogens with zero attached hydrogens (tertiary/aromatic N) is 3. The van der Waals surface area contributed by atoms with E-state index in [1.807, 2.05) is 35.2 Å². The van der Waals surface area contributed by atoms with Crippen molar-refractivity contribution in [3.63, 3.8) is 0 Å². The molecule has 1 saturated heterocycles. The van der Waals surface area contributed by atoms with Crippen LogP contribution in [0, 0.1) is 6.92 Å². The predicted octanol–water partition coefficient (Wildman–Crippen LogP) is 3.08. The third-order valence-electron chi connectivity index (χ3n) is 4.47. The highest BCUT2D eigenvalue weighted by Crippen LogP contribution is 2.25. The highest BCUT2D eigenvalue weighted by molar-refractivity contribution is 5.76. The van der Waals surface area contributed by atoms with Gasteiger partial charge in [0.15, 0.2) is 5.82 Å². The molecule has 6 heteroatoms. The average Bonchev–Trinajstić information content (AvgIpc) is 3.09. The van der Waals surface area contributed by atoms with Crippen molar-refractivity contribution in [3.8, 4) is 0 Å². The van der Waals surface area contributed by atoms with Gasteiger partial charge in [0, 0.05) is 39.0 Å². The number of likely N-dealkylation sites (tertiary alicyclic amines) is 1. The number of hydrogen-bond acceptors (Lipinski definition) is 5. The maximum atomic E-state index is 12.4. The van der Waals surface area contributed by atoms with E-state index in [-0.39, 0.29) is 11.8 Å². The number of carbonyl (C=O) groups is 1. The summed E-state index contributed by atoms with van der Waals surface area (Å²) in [6, 6.07) is 10.1. The molecule has 134 valence electrons. The molecule has 0 aliphatic carbocycles. The van der Waals surface area contributed by atoms with Gasteiger partial charge in [-0.15, -0.1) is 0 Å². The molecule has 1 fully saturated rings. The van der Waals surface area contributed by atoms with E-state index in [4.69, 9.17) is 9.26 Å². The average molecular weight is 343 g/mol. The molecule has 25 heavy (non-hydrogen) atoms. The van der Waals surface area contributed by atoms with Gasteiger partial charge in [-0.1, -0.05) is 35.5 Å². The number of piperidine rings is 1. The van der Waals surface area contributed by atoms with E-state index >= 15 is 0 Å². The van der Waals surface area contributed by atoms with Crippen molar-refractivity contribution in [2.24, 2.45) is 0 Å². The van der Waals surface area contributed by atoms with Crippen LogP contribution in [-0.2, 0) is 16.1 Å². The fourth-order valence-corrected chi connectivity index (χ4v) is 3.14. The summed E-state index contributed by atoms with van der Waals surface area (Å²) < 4.78 is 10.7. The Kier molecular flexibility index (Phi) is 6.17. The lowest BCUT2D eigenvalue weighted by Gasteiger charge is -2.31. The number of aromatic nitrogens is 2. The van der Waals surface area contributed by atoms with Crippen molar-refractivity contribution in [1.82, 2.24) is 15.0 Å². The number of rotatable bonds is 7. The minimum atomic E-state index is 0.185. The summed E-state index contributed by atoms with van der Waals surface area (Å²) in [6.07, 6.45) is 3.25. The zero-order chi connectivity index (χ0) is 17.5. The predicted molar refractivity (Wildman–Crippen MR) is 92.9 cm³/mol. The summed E-state index contributed by atoms with van der Waals surface area (Å²) in [4.78, 5) is 18.7. The third kappa shape index (κ3) is 5.13. The van der Waals surface area contributed by atoms with Crippen LogP contribution >= 0.6 is 0 Å². The van der Waals surface area contributed by atoms with Crippen LogP contribution in [0.4, 0.5) is 0 Å². The molecule has 0 saturated carbocycles. The quantitative estimate of drug-likeness (QED) is 0.723. The zero-order valence-electron chi connectivity index (χ0n) is 14.7. The van der Waals surface area contributed by atoms with Crippen LogP contribution < -0.4 is 0 Å². The number of benzene rings is 1. The number of carbonyl (C=O) groups excluding carboxylic acids is 1. The molecule has 0 N–H and O–H groups in total. The first-order chi connectivity index (χ1) is 12.2. The Balaban J connectivity index is 1.37. The molecule has 1 aromatic carbocycles. The maximum Gasteiger partial charge on any atom is 0.223 e. The van der Waals surface area contributed by atoms with E-state index in [1.54, 1.807) is 6.92 Å². The molecule has 0 spiro atoms. The van der Waals surface area contributed by atoms with Gasteiger partial charge in [-0.2, -0.15) is 4.98 Å². The van der Waals surface area contributed by atoms with Gasteiger partial charge in [0.25, 0.3) is 0 Å². The zero-order valence-corrected chi connectivity index (χ0v) is 14.7. The largest absolute Gasteiger partial charge is 0.377 e. The van der Waals surface area contributed by atoms with E-state index in [1.165, 1.54) is 0 Å². The van der Waals surface area contributed by atoms with Gasteiger partial charge in [0.05, 0.1) is 6.61 Å². The van der Waals surface area contributed by atoms with E-state index < -0.39 is 0 Å². The molecule has 0 bridgehead atoms. The number of ether oxygens (including phenoxy) is 1. The van der Waals surface area contributed by atoms with Crippen LogP contribution in [-0.4, -0.2) is 40.6 Å². The second-order valence-corrected chi connectivity index (χ2v) is 6.49. The van der Waals surface area contributed by atoms with Crippen LogP contribution in [0.3, 0.4) is 0 Å². The summed E-state index contributed by atoms with van der Waals surface area (Å²) in [5.41, 5.74) is 1.16. The number of aryl methyl sites for hydroxylation is 1. The Labute approximate surface area is 148 Å². The summed E-state index contributed by atoms with van der Waals surface area (Å²) >= 11 is 0. The fourth-order valence-electron chi connectivity index (χ4n) is 3.14. The van der Waals surface area contributed by atoms with E-state index in [2.05, 4.69) is 10.1 Å². The molecule has 2 aromatic rings. The van der Waals surface area contributed by atoms with Crippen LogP contribution in [0.25, 0.3) is 0 Å². The summed E-state index contributed by atoms with van der Waals surface area (Å²) in [5, 5.41) is 4.00. The van der Waals surface area contributed by atoms with Gasteiger partial charge in [0.1, 0.15) is 0 Å². The topological polar surface area (TPSA) is 68.5 Å². The Hall–Kier alpha value is -2.21. The molecule has 1 amide bonds. The molecule has 1 aromatic heterocycles. The molecule has 6 nitrogen and oxygen atoms in total. The molecular weight excluding hydrogens is 318 g/mol. The van der Waals surface area contributed by atoms with Gasteiger partial charge < -0.3 is 14.2 Å². The summed E-state index contributed by atoms with van der Waals surface area (Å²) in [5.74, 6) is 1.67. The second-order valence-electron chi connectivity index (χ2n) is 6.49. The number of hydrogen-bond donors (Lipinski definition) is 0. The van der Waals surface area contributed by atoms with Gasteiger partial charge in [-0.05, 0) is 24.8 Å². The van der Waals surface area contributed by atoms with Gasteiger partial charge in [-0.3, -0.25) is 4.79 Å². The van der Waals surface area contributed by atoms with Crippen molar-refractivity contribution in [3.05, 3.63) is 47.6 Å². The first kappa shape index (κ1) is 17.6. The van der Waals surface area contributed by atoms with Crippen molar-refractivity contribution in [1.29, 1.82) is 0 Å². The molecular formula is C19H25N3O3. The van der Waals surface area contributed by atoms with Crippen molar-refractivity contribution >= 4 is 5.91 Å². The Bertz CT molecular complexity index is 672. The highest BCUT2D eigenvalue weighted by atomic mass is 16.5. The van der Waals surface area contributed by atoms with Crippen molar-refractivity contribution < 1.29 is 14.1 Å². The Morgan fingerprint density at radius 3 is 2.96 bits per heavy atom. The second kappa shape index (κ2) is 8.76. The molecule has 1 aliphatic rings. The number of amides is 1. The normalized spacial score (nSPS) is 17.6. The lowest BCUT2D eigenvalue weighted by Crippen LogP contribution is -2.39. The Morgan fingerprint density at radius 1 is 1.36 bits per heavy atom. The first-order valence-electron chi connectivity index (χ1n) is 8.92. The fraction of sp³-hybridized carbons (Fsp3) is 0.526. The Morgan fingerprint density at radius 2 is 2.20 bits per heavy atom. The standard InChI is InChI=1S/C19H25N3O3/c1-15-20-19(21-25-15)17-9-5-11-22(13-17)18(23)10-6-12-24-14-16-7-3-2-4-8-16/h2-4,7-8,17H,5-6,9-14H2,1H3/t17-/m0/s1. The van der Waals surface area contributed by atoms with E-state index in [9.17, 15) is 4.79 Å². The van der Waals surface area contributed by atoms with Gasteiger partial charge in [-0.25, -0.2) is 0 Å². The summed E-state index contributed by atoms with van der Waals surface area (Å²) in [7, 11) is 0. The molecule has 0 radical (unpaired) electrons. The molecule has 3 rings (SSSR count). The van der Waals surface area contributed by atoms with Crippen LogP contribution in [0.5, 0.6) is 0 Å². The van der Waals surface area contributed by atoms with Crippen molar-refractivity contribution in [2.45, 2.75) is 45.1 Å². The third-order valence-corrected chi connectivity index (χ3v) is 4.47. The smallest absolute Gasteiger partial charge is 0.223 e. The van der Waals surface area contributed by atoms with E-state index in [0.29, 0.717) is 32.1 Å². The molecule has 2 heterocycles. The summed E-state index contributed by atoms with van der Waals surface area (Å²) in [6.45, 7) is 4.48. The lowest BCUT2D eigenvalue weighted by molar-refractivity contribution is -0.132. The van der Waals surface area contributed by atoms with Crippen LogP contribution in [0.15, 0.2) is 34.9 Å². The van der Waals surface area contributed by atoms with Crippen LogP contribution in [0.2, 0.25) is 0 Å². The molecule has 1 atom stereocenters. The molecule has 1 aliphatic heterocycles.